The fourth-order valence-corrected chi connectivity index (χ4v) is 3.06. The fraction of sp³-hybridized carbons (Fsp3) is 0.412. The van der Waals surface area contributed by atoms with E-state index in [0.717, 1.165) is 13.0 Å². The summed E-state index contributed by atoms with van der Waals surface area (Å²) in [7, 11) is 2.02. The Labute approximate surface area is 124 Å². The van der Waals surface area contributed by atoms with Crippen LogP contribution in [0, 0.1) is 5.41 Å². The molecule has 0 spiro atoms. The van der Waals surface area contributed by atoms with Crippen LogP contribution in [-0.4, -0.2) is 13.6 Å². The lowest BCUT2D eigenvalue weighted by Gasteiger charge is -2.24. The number of benzene rings is 2. The largest absolute Gasteiger partial charge is 0.319 e. The molecule has 0 fully saturated rings. The van der Waals surface area contributed by atoms with E-state index in [1.165, 1.54) is 27.2 Å². The number of aryl methyl sites for hydroxylation is 1. The third-order valence-electron chi connectivity index (χ3n) is 3.69. The van der Waals surface area contributed by atoms with Crippen molar-refractivity contribution in [3.8, 4) is 0 Å². The molecule has 0 aromatic heterocycles. The number of hydrogen-bond donors (Lipinski definition) is 1. The third kappa shape index (κ3) is 3.58. The number of fused-ring (bicyclic) bond motifs is 1. The molecule has 0 bridgehead atoms. The van der Waals surface area contributed by atoms with E-state index in [1.807, 2.05) is 7.05 Å². The van der Waals surface area contributed by atoms with E-state index in [-0.39, 0.29) is 0 Å². The maximum atomic E-state index is 3.64. The van der Waals surface area contributed by atoms with Crippen LogP contribution in [0.15, 0.2) is 40.9 Å². The van der Waals surface area contributed by atoms with Gasteiger partial charge in [0.2, 0.25) is 0 Å². The summed E-state index contributed by atoms with van der Waals surface area (Å²) in [6.45, 7) is 5.70. The maximum Gasteiger partial charge on any atom is 0.0253 e. The zero-order valence-electron chi connectivity index (χ0n) is 12.0. The molecule has 1 N–H and O–H groups in total. The number of rotatable bonds is 5. The molecule has 2 heteroatoms. The zero-order valence-corrected chi connectivity index (χ0v) is 13.5. The molecule has 0 saturated carbocycles. The lowest BCUT2D eigenvalue weighted by molar-refractivity contribution is 0.325. The first-order chi connectivity index (χ1) is 9.03. The van der Waals surface area contributed by atoms with Crippen molar-refractivity contribution in [2.45, 2.75) is 26.7 Å². The highest BCUT2D eigenvalue weighted by atomic mass is 79.9. The van der Waals surface area contributed by atoms with Crippen LogP contribution in [0.25, 0.3) is 10.8 Å². The van der Waals surface area contributed by atoms with Crippen LogP contribution in [0.2, 0.25) is 0 Å². The van der Waals surface area contributed by atoms with Gasteiger partial charge in [-0.05, 0) is 54.3 Å². The van der Waals surface area contributed by atoms with Crippen LogP contribution in [0.1, 0.15) is 25.8 Å². The first-order valence-electron chi connectivity index (χ1n) is 6.84. The van der Waals surface area contributed by atoms with Gasteiger partial charge in [0.05, 0.1) is 0 Å². The Kier molecular flexibility index (Phi) is 4.64. The average Bonchev–Trinajstić information content (AvgIpc) is 2.38. The number of halogens is 1. The molecular weight excluding hydrogens is 298 g/mol. The van der Waals surface area contributed by atoms with Gasteiger partial charge in [-0.3, -0.25) is 0 Å². The van der Waals surface area contributed by atoms with Crippen molar-refractivity contribution in [3.05, 3.63) is 46.4 Å². The van der Waals surface area contributed by atoms with Gasteiger partial charge in [-0.2, -0.15) is 0 Å². The Balaban J connectivity index is 2.24. The predicted octanol–water partition coefficient (Wildman–Crippen LogP) is 4.78. The third-order valence-corrected chi connectivity index (χ3v) is 4.38. The molecule has 19 heavy (non-hydrogen) atoms. The first-order valence-corrected chi connectivity index (χ1v) is 7.63. The van der Waals surface area contributed by atoms with Crippen LogP contribution < -0.4 is 5.32 Å². The molecule has 0 aliphatic rings. The molecule has 0 atom stereocenters. The van der Waals surface area contributed by atoms with E-state index in [0.29, 0.717) is 5.41 Å². The minimum atomic E-state index is 0.336. The van der Waals surface area contributed by atoms with Crippen LogP contribution >= 0.6 is 15.9 Å². The lowest BCUT2D eigenvalue weighted by Crippen LogP contribution is -2.27. The molecular formula is C17H22BrN. The highest BCUT2D eigenvalue weighted by molar-refractivity contribution is 9.10. The topological polar surface area (TPSA) is 12.0 Å². The molecule has 2 rings (SSSR count). The first kappa shape index (κ1) is 14.5. The average molecular weight is 320 g/mol. The van der Waals surface area contributed by atoms with Gasteiger partial charge in [-0.15, -0.1) is 0 Å². The van der Waals surface area contributed by atoms with Crippen molar-refractivity contribution in [1.29, 1.82) is 0 Å². The quantitative estimate of drug-likeness (QED) is 0.836. The zero-order chi connectivity index (χ0) is 13.9. The summed E-state index contributed by atoms with van der Waals surface area (Å²) in [4.78, 5) is 0. The van der Waals surface area contributed by atoms with Crippen LogP contribution in [0.4, 0.5) is 0 Å². The van der Waals surface area contributed by atoms with E-state index in [9.17, 15) is 0 Å². The molecule has 0 heterocycles. The van der Waals surface area contributed by atoms with Gasteiger partial charge in [0.15, 0.2) is 0 Å². The van der Waals surface area contributed by atoms with Gasteiger partial charge >= 0.3 is 0 Å². The smallest absolute Gasteiger partial charge is 0.0253 e. The molecule has 0 unspecified atom stereocenters. The summed E-state index contributed by atoms with van der Waals surface area (Å²) in [6.07, 6.45) is 2.32. The normalized spacial score (nSPS) is 12.0. The maximum absolute atomic E-state index is 3.64. The minimum Gasteiger partial charge on any atom is -0.319 e. The number of hydrogen-bond acceptors (Lipinski definition) is 1. The van der Waals surface area contributed by atoms with E-state index in [1.54, 1.807) is 0 Å². The molecule has 102 valence electrons. The Morgan fingerprint density at radius 1 is 1.05 bits per heavy atom. The van der Waals surface area contributed by atoms with E-state index < -0.39 is 0 Å². The van der Waals surface area contributed by atoms with Crippen molar-refractivity contribution in [2.24, 2.45) is 5.41 Å². The van der Waals surface area contributed by atoms with E-state index in [2.05, 4.69) is 71.5 Å². The standard InChI is InChI=1S/C17H22BrN/c1-17(2,12-19-3)11-10-13-8-9-16(18)15-7-5-4-6-14(13)15/h4-9,19H,10-12H2,1-3H3. The van der Waals surface area contributed by atoms with Crippen LogP contribution in [0.5, 0.6) is 0 Å². The van der Waals surface area contributed by atoms with Gasteiger partial charge in [-0.25, -0.2) is 0 Å². The predicted molar refractivity (Wildman–Crippen MR) is 87.7 cm³/mol. The minimum absolute atomic E-state index is 0.336. The monoisotopic (exact) mass is 319 g/mol. The lowest BCUT2D eigenvalue weighted by atomic mass is 9.85. The molecule has 0 saturated heterocycles. The summed E-state index contributed by atoms with van der Waals surface area (Å²) in [6, 6.07) is 13.0. The summed E-state index contributed by atoms with van der Waals surface area (Å²) in [5.74, 6) is 0. The summed E-state index contributed by atoms with van der Waals surface area (Å²) in [5.41, 5.74) is 1.78. The van der Waals surface area contributed by atoms with E-state index in [4.69, 9.17) is 0 Å². The second-order valence-electron chi connectivity index (χ2n) is 5.95. The molecule has 0 aliphatic heterocycles. The van der Waals surface area contributed by atoms with Crippen LogP contribution in [-0.2, 0) is 6.42 Å². The van der Waals surface area contributed by atoms with E-state index >= 15 is 0 Å². The van der Waals surface area contributed by atoms with Gasteiger partial charge < -0.3 is 5.32 Å². The van der Waals surface area contributed by atoms with Crippen molar-refractivity contribution < 1.29 is 0 Å². The summed E-state index contributed by atoms with van der Waals surface area (Å²) in [5, 5.41) is 5.97. The molecule has 2 aromatic rings. The fourth-order valence-electron chi connectivity index (χ4n) is 2.58. The van der Waals surface area contributed by atoms with Gasteiger partial charge in [0, 0.05) is 4.47 Å². The molecule has 0 aliphatic carbocycles. The second kappa shape index (κ2) is 6.06. The van der Waals surface area contributed by atoms with Gasteiger partial charge in [0.1, 0.15) is 0 Å². The Hall–Kier alpha value is -0.860. The van der Waals surface area contributed by atoms with Crippen molar-refractivity contribution in [3.63, 3.8) is 0 Å². The summed E-state index contributed by atoms with van der Waals surface area (Å²) < 4.78 is 1.18. The highest BCUT2D eigenvalue weighted by Gasteiger charge is 2.17. The van der Waals surface area contributed by atoms with Crippen LogP contribution in [0.3, 0.4) is 0 Å². The molecule has 0 amide bonds. The molecule has 2 aromatic carbocycles. The SMILES string of the molecule is CNCC(C)(C)CCc1ccc(Br)c2ccccc12. The Morgan fingerprint density at radius 3 is 2.42 bits per heavy atom. The Bertz CT molecular complexity index is 560. The number of nitrogens with one attached hydrogen (secondary N) is 1. The van der Waals surface area contributed by atoms with Crippen molar-refractivity contribution in [2.75, 3.05) is 13.6 Å². The van der Waals surface area contributed by atoms with Gasteiger partial charge in [0.25, 0.3) is 0 Å². The molecule has 1 nitrogen and oxygen atoms in total. The Morgan fingerprint density at radius 2 is 1.74 bits per heavy atom. The van der Waals surface area contributed by atoms with Gasteiger partial charge in [-0.1, -0.05) is 60.1 Å². The van der Waals surface area contributed by atoms with Crippen molar-refractivity contribution in [1.82, 2.24) is 5.32 Å². The highest BCUT2D eigenvalue weighted by Crippen LogP contribution is 2.29. The molecule has 0 radical (unpaired) electrons. The summed E-state index contributed by atoms with van der Waals surface area (Å²) >= 11 is 3.64. The van der Waals surface area contributed by atoms with Crippen molar-refractivity contribution >= 4 is 26.7 Å². The second-order valence-corrected chi connectivity index (χ2v) is 6.80.